The summed E-state index contributed by atoms with van der Waals surface area (Å²) in [5, 5.41) is 2.87. The van der Waals surface area contributed by atoms with E-state index in [0.29, 0.717) is 6.42 Å². The molecule has 0 aromatic carbocycles. The molecule has 0 aliphatic carbocycles. The Morgan fingerprint density at radius 3 is 2.36 bits per heavy atom. The van der Waals surface area contributed by atoms with Gasteiger partial charge in [0.1, 0.15) is 5.78 Å². The van der Waals surface area contributed by atoms with Gasteiger partial charge in [-0.05, 0) is 13.0 Å². The average molecular weight is 221 g/mol. The van der Waals surface area contributed by atoms with Crippen molar-refractivity contribution in [2.24, 2.45) is 0 Å². The lowest BCUT2D eigenvalue weighted by atomic mass is 10.3. The Kier molecular flexibility index (Phi) is 6.74. The van der Waals surface area contributed by atoms with Gasteiger partial charge in [0.25, 0.3) is 0 Å². The van der Waals surface area contributed by atoms with Gasteiger partial charge < -0.3 is 5.32 Å². The van der Waals surface area contributed by atoms with E-state index in [4.69, 9.17) is 0 Å². The van der Waals surface area contributed by atoms with Crippen LogP contribution in [-0.2, 0) is 14.6 Å². The number of hydrogen-bond donors (Lipinski definition) is 1. The van der Waals surface area contributed by atoms with Gasteiger partial charge in [0.2, 0.25) is 0 Å². The van der Waals surface area contributed by atoms with Gasteiger partial charge in [-0.15, -0.1) is 0 Å². The van der Waals surface area contributed by atoms with E-state index in [-0.39, 0.29) is 30.3 Å². The summed E-state index contributed by atoms with van der Waals surface area (Å²) in [5.74, 6) is 0.138. The molecular weight excluding hydrogens is 202 g/mol. The summed E-state index contributed by atoms with van der Waals surface area (Å²) in [6, 6.07) is 0. The molecule has 14 heavy (non-hydrogen) atoms. The van der Waals surface area contributed by atoms with E-state index >= 15 is 0 Å². The Morgan fingerprint density at radius 2 is 1.86 bits per heavy atom. The van der Waals surface area contributed by atoms with Crippen LogP contribution in [0.25, 0.3) is 0 Å². The van der Waals surface area contributed by atoms with Crippen molar-refractivity contribution in [2.45, 2.75) is 26.7 Å². The van der Waals surface area contributed by atoms with Crippen molar-refractivity contribution in [2.75, 3.05) is 24.6 Å². The Bertz CT molecular complexity index is 259. The molecule has 0 spiro atoms. The second-order valence-electron chi connectivity index (χ2n) is 3.22. The minimum absolute atomic E-state index is 0.00886. The highest BCUT2D eigenvalue weighted by atomic mass is 32.2. The van der Waals surface area contributed by atoms with Crippen LogP contribution >= 0.6 is 0 Å². The minimum atomic E-state index is -3.00. The van der Waals surface area contributed by atoms with Crippen molar-refractivity contribution in [3.05, 3.63) is 0 Å². The normalized spacial score (nSPS) is 11.6. The summed E-state index contributed by atoms with van der Waals surface area (Å²) in [5.41, 5.74) is 0. The SMILES string of the molecule is CCCS(=O)(=O)CCC(=O)CNCC. The number of nitrogens with one attached hydrogen (secondary N) is 1. The fourth-order valence-electron chi connectivity index (χ4n) is 1.04. The molecule has 0 radical (unpaired) electrons. The third-order valence-electron chi connectivity index (χ3n) is 1.78. The monoisotopic (exact) mass is 221 g/mol. The van der Waals surface area contributed by atoms with Crippen LogP contribution in [0.4, 0.5) is 0 Å². The van der Waals surface area contributed by atoms with E-state index in [1.54, 1.807) is 0 Å². The first kappa shape index (κ1) is 13.6. The maximum Gasteiger partial charge on any atom is 0.150 e. The van der Waals surface area contributed by atoms with Crippen molar-refractivity contribution in [3.63, 3.8) is 0 Å². The standard InChI is InChI=1S/C9H19NO3S/c1-3-6-14(12,13)7-5-9(11)8-10-4-2/h10H,3-8H2,1-2H3. The lowest BCUT2D eigenvalue weighted by Gasteiger charge is -2.02. The second-order valence-corrected chi connectivity index (χ2v) is 5.52. The number of sulfone groups is 1. The van der Waals surface area contributed by atoms with Crippen LogP contribution < -0.4 is 5.32 Å². The van der Waals surface area contributed by atoms with Gasteiger partial charge in [0.05, 0.1) is 12.3 Å². The van der Waals surface area contributed by atoms with Crippen molar-refractivity contribution < 1.29 is 13.2 Å². The third-order valence-corrected chi connectivity index (χ3v) is 3.64. The highest BCUT2D eigenvalue weighted by Crippen LogP contribution is 1.97. The summed E-state index contributed by atoms with van der Waals surface area (Å²) in [4.78, 5) is 11.1. The first-order valence-electron chi connectivity index (χ1n) is 4.94. The van der Waals surface area contributed by atoms with Gasteiger partial charge in [-0.3, -0.25) is 4.79 Å². The van der Waals surface area contributed by atoms with Crippen LogP contribution in [0.15, 0.2) is 0 Å². The van der Waals surface area contributed by atoms with Gasteiger partial charge in [-0.1, -0.05) is 13.8 Å². The lowest BCUT2D eigenvalue weighted by molar-refractivity contribution is -0.117. The molecule has 0 saturated carbocycles. The summed E-state index contributed by atoms with van der Waals surface area (Å²) < 4.78 is 22.5. The molecule has 0 aromatic heterocycles. The lowest BCUT2D eigenvalue weighted by Crippen LogP contribution is -2.24. The molecule has 0 aliphatic heterocycles. The zero-order valence-electron chi connectivity index (χ0n) is 8.88. The van der Waals surface area contributed by atoms with Gasteiger partial charge in [0, 0.05) is 12.2 Å². The summed E-state index contributed by atoms with van der Waals surface area (Å²) in [6.45, 7) is 4.73. The highest BCUT2D eigenvalue weighted by Gasteiger charge is 2.11. The van der Waals surface area contributed by atoms with Crippen molar-refractivity contribution in [1.82, 2.24) is 5.32 Å². The van der Waals surface area contributed by atoms with Gasteiger partial charge in [-0.25, -0.2) is 8.42 Å². The molecule has 0 amide bonds. The molecule has 0 atom stereocenters. The van der Waals surface area contributed by atoms with Gasteiger partial charge in [0.15, 0.2) is 9.84 Å². The summed E-state index contributed by atoms with van der Waals surface area (Å²) in [7, 11) is -3.00. The quantitative estimate of drug-likeness (QED) is 0.643. The maximum atomic E-state index is 11.2. The van der Waals surface area contributed by atoms with E-state index in [0.717, 1.165) is 6.54 Å². The molecule has 84 valence electrons. The van der Waals surface area contributed by atoms with E-state index in [2.05, 4.69) is 5.32 Å². The van der Waals surface area contributed by atoms with E-state index in [9.17, 15) is 13.2 Å². The number of carbonyl (C=O) groups is 1. The zero-order chi connectivity index (χ0) is 11.0. The first-order chi connectivity index (χ1) is 6.52. The predicted octanol–water partition coefficient (Wildman–Crippen LogP) is 0.380. The molecule has 0 fully saturated rings. The summed E-state index contributed by atoms with van der Waals surface area (Å²) >= 11 is 0. The fraction of sp³-hybridized carbons (Fsp3) is 0.889. The molecule has 0 heterocycles. The van der Waals surface area contributed by atoms with E-state index in [1.165, 1.54) is 0 Å². The van der Waals surface area contributed by atoms with Crippen molar-refractivity contribution in [1.29, 1.82) is 0 Å². The molecule has 4 nitrogen and oxygen atoms in total. The first-order valence-corrected chi connectivity index (χ1v) is 6.76. The highest BCUT2D eigenvalue weighted by molar-refractivity contribution is 7.91. The third kappa shape index (κ3) is 7.03. The maximum absolute atomic E-state index is 11.2. The molecule has 0 aliphatic rings. The molecule has 1 N–H and O–H groups in total. The van der Waals surface area contributed by atoms with Crippen LogP contribution in [0.3, 0.4) is 0 Å². The van der Waals surface area contributed by atoms with Gasteiger partial charge >= 0.3 is 0 Å². The van der Waals surface area contributed by atoms with Crippen molar-refractivity contribution >= 4 is 15.6 Å². The molecular formula is C9H19NO3S. The Balaban J connectivity index is 3.76. The van der Waals surface area contributed by atoms with Crippen molar-refractivity contribution in [3.8, 4) is 0 Å². The van der Waals surface area contributed by atoms with Gasteiger partial charge in [-0.2, -0.15) is 0 Å². The fourth-order valence-corrected chi connectivity index (χ4v) is 2.40. The minimum Gasteiger partial charge on any atom is -0.310 e. The topological polar surface area (TPSA) is 63.2 Å². The smallest absolute Gasteiger partial charge is 0.150 e. The molecule has 0 bridgehead atoms. The largest absolute Gasteiger partial charge is 0.310 e. The molecule has 5 heteroatoms. The zero-order valence-corrected chi connectivity index (χ0v) is 9.69. The number of Topliss-reactive ketones (excluding diaryl/α,β-unsaturated/α-hetero) is 1. The molecule has 0 rings (SSSR count). The average Bonchev–Trinajstić information content (AvgIpc) is 2.11. The number of likely N-dealkylation sites (N-methyl/N-ethyl adjacent to an activating group) is 1. The summed E-state index contributed by atoms with van der Waals surface area (Å²) in [6.07, 6.45) is 0.749. The number of carbonyl (C=O) groups excluding carboxylic acids is 1. The van der Waals surface area contributed by atoms with Crippen LogP contribution in [0.1, 0.15) is 26.7 Å². The Morgan fingerprint density at radius 1 is 1.21 bits per heavy atom. The number of rotatable bonds is 8. The number of ketones is 1. The van der Waals surface area contributed by atoms with E-state index in [1.807, 2.05) is 13.8 Å². The molecule has 0 aromatic rings. The number of hydrogen-bond acceptors (Lipinski definition) is 4. The Labute approximate surface area is 86.0 Å². The Hall–Kier alpha value is -0.420. The van der Waals surface area contributed by atoms with Crippen LogP contribution in [0, 0.1) is 0 Å². The molecule has 0 saturated heterocycles. The molecule has 0 unspecified atom stereocenters. The predicted molar refractivity (Wildman–Crippen MR) is 57.1 cm³/mol. The van der Waals surface area contributed by atoms with Crippen LogP contribution in [-0.4, -0.2) is 38.8 Å². The van der Waals surface area contributed by atoms with E-state index < -0.39 is 9.84 Å². The van der Waals surface area contributed by atoms with Crippen LogP contribution in [0.2, 0.25) is 0 Å². The van der Waals surface area contributed by atoms with Crippen LogP contribution in [0.5, 0.6) is 0 Å². The second kappa shape index (κ2) is 6.95.